The number of aromatic nitrogens is 1. The molecule has 1 fully saturated rings. The molecule has 1 aromatic heterocycles. The summed E-state index contributed by atoms with van der Waals surface area (Å²) in [5.41, 5.74) is 3.17. The molecule has 0 radical (unpaired) electrons. The van der Waals surface area contributed by atoms with Gasteiger partial charge in [0.05, 0.1) is 11.2 Å². The van der Waals surface area contributed by atoms with Crippen molar-refractivity contribution in [2.75, 3.05) is 6.54 Å². The highest BCUT2D eigenvalue weighted by Gasteiger charge is 2.27. The SMILES string of the molecule is CCNC(CC1CC1)c1scnc1C. The first-order valence-corrected chi connectivity index (χ1v) is 6.32. The standard InChI is InChI=1S/C11H18N2S/c1-3-12-10(6-9-4-5-9)11-8(2)13-7-14-11/h7,9-10,12H,3-6H2,1-2H3. The molecule has 2 rings (SSSR count). The summed E-state index contributed by atoms with van der Waals surface area (Å²) in [5, 5.41) is 3.57. The quantitative estimate of drug-likeness (QED) is 0.808. The Kier molecular flexibility index (Phi) is 3.19. The average Bonchev–Trinajstić information content (AvgIpc) is 2.87. The van der Waals surface area contributed by atoms with Crippen molar-refractivity contribution < 1.29 is 0 Å². The van der Waals surface area contributed by atoms with Gasteiger partial charge in [-0.1, -0.05) is 19.8 Å². The zero-order chi connectivity index (χ0) is 9.97. The van der Waals surface area contributed by atoms with Gasteiger partial charge in [0.1, 0.15) is 0 Å². The fourth-order valence-electron chi connectivity index (χ4n) is 1.86. The number of aryl methyl sites for hydroxylation is 1. The molecule has 0 aliphatic heterocycles. The Hall–Kier alpha value is -0.410. The molecule has 78 valence electrons. The third-order valence-electron chi connectivity index (χ3n) is 2.82. The van der Waals surface area contributed by atoms with Crippen molar-refractivity contribution in [1.82, 2.24) is 10.3 Å². The number of nitrogens with zero attached hydrogens (tertiary/aromatic N) is 1. The van der Waals surface area contributed by atoms with Gasteiger partial charge in [0.15, 0.2) is 0 Å². The average molecular weight is 210 g/mol. The number of nitrogens with one attached hydrogen (secondary N) is 1. The summed E-state index contributed by atoms with van der Waals surface area (Å²) in [6, 6.07) is 0.556. The van der Waals surface area contributed by atoms with E-state index in [4.69, 9.17) is 0 Å². The maximum absolute atomic E-state index is 4.33. The minimum absolute atomic E-state index is 0.556. The Morgan fingerprint density at radius 1 is 1.64 bits per heavy atom. The molecular weight excluding hydrogens is 192 g/mol. The van der Waals surface area contributed by atoms with E-state index in [-0.39, 0.29) is 0 Å². The third kappa shape index (κ3) is 2.34. The normalized spacial score (nSPS) is 18.4. The second kappa shape index (κ2) is 4.41. The monoisotopic (exact) mass is 210 g/mol. The lowest BCUT2D eigenvalue weighted by molar-refractivity contribution is 0.491. The van der Waals surface area contributed by atoms with E-state index in [0.717, 1.165) is 12.5 Å². The van der Waals surface area contributed by atoms with Gasteiger partial charge < -0.3 is 5.32 Å². The number of thiazole rings is 1. The molecule has 0 spiro atoms. The summed E-state index contributed by atoms with van der Waals surface area (Å²) in [6.45, 7) is 5.34. The highest BCUT2D eigenvalue weighted by atomic mass is 32.1. The Morgan fingerprint density at radius 3 is 2.93 bits per heavy atom. The first-order valence-electron chi connectivity index (χ1n) is 5.44. The summed E-state index contributed by atoms with van der Waals surface area (Å²) in [4.78, 5) is 5.77. The van der Waals surface area contributed by atoms with Crippen molar-refractivity contribution in [3.63, 3.8) is 0 Å². The fraction of sp³-hybridized carbons (Fsp3) is 0.727. The Bertz CT molecular complexity index is 291. The molecule has 0 saturated heterocycles. The minimum atomic E-state index is 0.556. The maximum atomic E-state index is 4.33. The van der Waals surface area contributed by atoms with E-state index in [1.54, 1.807) is 11.3 Å². The topological polar surface area (TPSA) is 24.9 Å². The lowest BCUT2D eigenvalue weighted by atomic mass is 10.1. The van der Waals surface area contributed by atoms with Crippen LogP contribution in [0.2, 0.25) is 0 Å². The summed E-state index contributed by atoms with van der Waals surface area (Å²) < 4.78 is 0. The van der Waals surface area contributed by atoms with Crippen LogP contribution in [0.25, 0.3) is 0 Å². The number of rotatable bonds is 5. The van der Waals surface area contributed by atoms with Crippen molar-refractivity contribution >= 4 is 11.3 Å². The van der Waals surface area contributed by atoms with E-state index >= 15 is 0 Å². The summed E-state index contributed by atoms with van der Waals surface area (Å²) >= 11 is 1.79. The van der Waals surface area contributed by atoms with E-state index in [2.05, 4.69) is 24.1 Å². The predicted octanol–water partition coefficient (Wildman–Crippen LogP) is 2.90. The van der Waals surface area contributed by atoms with Crippen LogP contribution in [0.15, 0.2) is 5.51 Å². The Labute approximate surface area is 89.8 Å². The van der Waals surface area contributed by atoms with Crippen LogP contribution in [0.4, 0.5) is 0 Å². The molecule has 1 heterocycles. The molecular formula is C11H18N2S. The Balaban J connectivity index is 2.04. The second-order valence-corrected chi connectivity index (χ2v) is 4.98. The lowest BCUT2D eigenvalue weighted by Crippen LogP contribution is -2.21. The molecule has 1 aromatic rings. The first kappa shape index (κ1) is 10.1. The van der Waals surface area contributed by atoms with Crippen LogP contribution < -0.4 is 5.32 Å². The van der Waals surface area contributed by atoms with Gasteiger partial charge in [-0.15, -0.1) is 11.3 Å². The third-order valence-corrected chi connectivity index (χ3v) is 3.86. The van der Waals surface area contributed by atoms with Crippen molar-refractivity contribution in [3.05, 3.63) is 16.1 Å². The predicted molar refractivity (Wildman–Crippen MR) is 60.6 cm³/mol. The van der Waals surface area contributed by atoms with Gasteiger partial charge in [0, 0.05) is 10.9 Å². The Morgan fingerprint density at radius 2 is 2.43 bits per heavy atom. The fourth-order valence-corrected chi connectivity index (χ4v) is 2.75. The van der Waals surface area contributed by atoms with Crippen molar-refractivity contribution in [2.45, 2.75) is 39.2 Å². The first-order chi connectivity index (χ1) is 6.81. The minimum Gasteiger partial charge on any atom is -0.309 e. The van der Waals surface area contributed by atoms with Crippen LogP contribution in [-0.4, -0.2) is 11.5 Å². The molecule has 2 nitrogen and oxygen atoms in total. The van der Waals surface area contributed by atoms with Crippen molar-refractivity contribution in [1.29, 1.82) is 0 Å². The maximum Gasteiger partial charge on any atom is 0.0798 e. The highest BCUT2D eigenvalue weighted by molar-refractivity contribution is 7.09. The molecule has 1 saturated carbocycles. The summed E-state index contributed by atoms with van der Waals surface area (Å²) in [5.74, 6) is 0.973. The zero-order valence-electron chi connectivity index (χ0n) is 8.92. The van der Waals surface area contributed by atoms with Crippen LogP contribution >= 0.6 is 11.3 Å². The van der Waals surface area contributed by atoms with Gasteiger partial charge in [-0.3, -0.25) is 0 Å². The van der Waals surface area contributed by atoms with Crippen LogP contribution in [0.3, 0.4) is 0 Å². The molecule has 14 heavy (non-hydrogen) atoms. The lowest BCUT2D eigenvalue weighted by Gasteiger charge is -2.16. The molecule has 3 heteroatoms. The molecule has 0 bridgehead atoms. The van der Waals surface area contributed by atoms with Crippen molar-refractivity contribution in [3.8, 4) is 0 Å². The van der Waals surface area contributed by atoms with Crippen LogP contribution in [0.1, 0.15) is 42.8 Å². The smallest absolute Gasteiger partial charge is 0.0798 e. The highest BCUT2D eigenvalue weighted by Crippen LogP contribution is 2.39. The van der Waals surface area contributed by atoms with E-state index in [1.165, 1.54) is 29.8 Å². The van der Waals surface area contributed by atoms with Gasteiger partial charge >= 0.3 is 0 Å². The molecule has 1 aliphatic carbocycles. The molecule has 0 aromatic carbocycles. The van der Waals surface area contributed by atoms with Gasteiger partial charge in [-0.25, -0.2) is 4.98 Å². The largest absolute Gasteiger partial charge is 0.309 e. The van der Waals surface area contributed by atoms with Crippen molar-refractivity contribution in [2.24, 2.45) is 5.92 Å². The van der Waals surface area contributed by atoms with Gasteiger partial charge in [-0.2, -0.15) is 0 Å². The number of hydrogen-bond donors (Lipinski definition) is 1. The van der Waals surface area contributed by atoms with Gasteiger partial charge in [0.25, 0.3) is 0 Å². The van der Waals surface area contributed by atoms with Crippen LogP contribution in [-0.2, 0) is 0 Å². The van der Waals surface area contributed by atoms with Crippen LogP contribution in [0.5, 0.6) is 0 Å². The number of hydrogen-bond acceptors (Lipinski definition) is 3. The van der Waals surface area contributed by atoms with Gasteiger partial charge in [0.2, 0.25) is 0 Å². The van der Waals surface area contributed by atoms with E-state index in [9.17, 15) is 0 Å². The van der Waals surface area contributed by atoms with E-state index in [1.807, 2.05) is 5.51 Å². The van der Waals surface area contributed by atoms with E-state index in [0.29, 0.717) is 6.04 Å². The molecule has 1 unspecified atom stereocenters. The summed E-state index contributed by atoms with van der Waals surface area (Å²) in [7, 11) is 0. The molecule has 0 amide bonds. The molecule has 1 N–H and O–H groups in total. The zero-order valence-corrected chi connectivity index (χ0v) is 9.73. The van der Waals surface area contributed by atoms with E-state index < -0.39 is 0 Å². The van der Waals surface area contributed by atoms with Crippen LogP contribution in [0, 0.1) is 12.8 Å². The second-order valence-electron chi connectivity index (χ2n) is 4.09. The molecule has 1 aliphatic rings. The summed E-state index contributed by atoms with van der Waals surface area (Å²) in [6.07, 6.45) is 4.16. The van der Waals surface area contributed by atoms with Gasteiger partial charge in [-0.05, 0) is 25.8 Å². The molecule has 1 atom stereocenters.